The molecule has 0 aliphatic carbocycles. The maximum atomic E-state index is 11.0. The van der Waals surface area contributed by atoms with E-state index in [9.17, 15) is 4.79 Å². The molecule has 0 bridgehead atoms. The average Bonchev–Trinajstić information content (AvgIpc) is 2.76. The summed E-state index contributed by atoms with van der Waals surface area (Å²) in [5.74, 6) is 0. The molecule has 1 saturated heterocycles. The van der Waals surface area contributed by atoms with E-state index in [4.69, 9.17) is 0 Å². The highest BCUT2D eigenvalue weighted by atomic mass is 16.1. The van der Waals surface area contributed by atoms with Crippen molar-refractivity contribution in [2.75, 3.05) is 11.4 Å². The molecule has 2 rings (SSSR count). The number of benzene rings is 1. The van der Waals surface area contributed by atoms with Crippen LogP contribution in [0.15, 0.2) is 24.3 Å². The molecule has 0 N–H and O–H groups in total. The molecule has 0 amide bonds. The van der Waals surface area contributed by atoms with E-state index in [2.05, 4.69) is 49.9 Å². The predicted molar refractivity (Wildman–Crippen MR) is 71.6 cm³/mol. The minimum Gasteiger partial charge on any atom is -0.362 e. The van der Waals surface area contributed by atoms with Crippen LogP contribution in [-0.2, 0) is 10.2 Å². The van der Waals surface area contributed by atoms with Crippen molar-refractivity contribution in [3.05, 3.63) is 29.8 Å². The molecule has 0 spiro atoms. The molecular weight excluding hydrogens is 210 g/mol. The SMILES string of the molecule is CC(C)(C)c1ccc(N2CCCC2C=O)cc1. The summed E-state index contributed by atoms with van der Waals surface area (Å²) in [5.41, 5.74) is 2.70. The van der Waals surface area contributed by atoms with E-state index < -0.39 is 0 Å². The zero-order valence-corrected chi connectivity index (χ0v) is 10.9. The van der Waals surface area contributed by atoms with Crippen molar-refractivity contribution in [3.8, 4) is 0 Å². The van der Waals surface area contributed by atoms with Gasteiger partial charge in [0.1, 0.15) is 6.29 Å². The number of hydrogen-bond donors (Lipinski definition) is 0. The standard InChI is InChI=1S/C15H21NO/c1-15(2,3)12-6-8-13(9-7-12)16-10-4-5-14(16)11-17/h6-9,11,14H,4-5,10H2,1-3H3. The first-order valence-electron chi connectivity index (χ1n) is 6.35. The van der Waals surface area contributed by atoms with E-state index in [1.165, 1.54) is 11.3 Å². The molecular formula is C15H21NO. The van der Waals surface area contributed by atoms with Crippen LogP contribution in [0.2, 0.25) is 0 Å². The Bertz CT molecular complexity index is 388. The van der Waals surface area contributed by atoms with Crippen LogP contribution in [0.1, 0.15) is 39.2 Å². The zero-order chi connectivity index (χ0) is 12.5. The van der Waals surface area contributed by atoms with Crippen LogP contribution in [0, 0.1) is 0 Å². The topological polar surface area (TPSA) is 20.3 Å². The second-order valence-electron chi connectivity index (χ2n) is 5.84. The Balaban J connectivity index is 2.21. The van der Waals surface area contributed by atoms with Gasteiger partial charge in [0, 0.05) is 12.2 Å². The number of carbonyl (C=O) groups is 1. The number of aldehydes is 1. The number of rotatable bonds is 2. The summed E-state index contributed by atoms with van der Waals surface area (Å²) in [6.45, 7) is 7.64. The first-order valence-corrected chi connectivity index (χ1v) is 6.35. The summed E-state index contributed by atoms with van der Waals surface area (Å²) in [7, 11) is 0. The molecule has 2 nitrogen and oxygen atoms in total. The van der Waals surface area contributed by atoms with Crippen molar-refractivity contribution in [2.24, 2.45) is 0 Å². The Kier molecular flexibility index (Phi) is 3.23. The van der Waals surface area contributed by atoms with Crippen molar-refractivity contribution >= 4 is 12.0 Å². The number of carbonyl (C=O) groups excluding carboxylic acids is 1. The lowest BCUT2D eigenvalue weighted by atomic mass is 9.87. The fourth-order valence-electron chi connectivity index (χ4n) is 2.41. The van der Waals surface area contributed by atoms with Gasteiger partial charge in [-0.1, -0.05) is 32.9 Å². The summed E-state index contributed by atoms with van der Waals surface area (Å²) >= 11 is 0. The normalized spacial score (nSPS) is 20.6. The van der Waals surface area contributed by atoms with Crippen LogP contribution >= 0.6 is 0 Å². The van der Waals surface area contributed by atoms with Crippen molar-refractivity contribution in [1.29, 1.82) is 0 Å². The molecule has 2 heteroatoms. The summed E-state index contributed by atoms with van der Waals surface area (Å²) in [6, 6.07) is 8.71. The highest BCUT2D eigenvalue weighted by Crippen LogP contribution is 2.28. The van der Waals surface area contributed by atoms with Crippen molar-refractivity contribution in [3.63, 3.8) is 0 Å². The van der Waals surface area contributed by atoms with E-state index >= 15 is 0 Å². The van der Waals surface area contributed by atoms with E-state index in [-0.39, 0.29) is 11.5 Å². The van der Waals surface area contributed by atoms with Crippen LogP contribution in [0.3, 0.4) is 0 Å². The molecule has 1 atom stereocenters. The van der Waals surface area contributed by atoms with Gasteiger partial charge in [0.2, 0.25) is 0 Å². The maximum absolute atomic E-state index is 11.0. The fraction of sp³-hybridized carbons (Fsp3) is 0.533. The van der Waals surface area contributed by atoms with Crippen LogP contribution in [0.5, 0.6) is 0 Å². The van der Waals surface area contributed by atoms with Gasteiger partial charge in [0.15, 0.2) is 0 Å². The average molecular weight is 231 g/mol. The zero-order valence-electron chi connectivity index (χ0n) is 10.9. The minimum absolute atomic E-state index is 0.0792. The van der Waals surface area contributed by atoms with E-state index in [0.717, 1.165) is 25.7 Å². The molecule has 1 fully saturated rings. The third kappa shape index (κ3) is 2.51. The Hall–Kier alpha value is -1.31. The van der Waals surface area contributed by atoms with Crippen LogP contribution in [-0.4, -0.2) is 18.9 Å². The molecule has 1 aliphatic heterocycles. The summed E-state index contributed by atoms with van der Waals surface area (Å²) in [6.07, 6.45) is 3.18. The molecule has 0 aromatic heterocycles. The van der Waals surface area contributed by atoms with Crippen LogP contribution < -0.4 is 4.90 Å². The maximum Gasteiger partial charge on any atom is 0.142 e. The van der Waals surface area contributed by atoms with Gasteiger partial charge < -0.3 is 9.69 Å². The first kappa shape index (κ1) is 12.2. The minimum atomic E-state index is 0.0792. The quantitative estimate of drug-likeness (QED) is 0.729. The molecule has 1 aromatic carbocycles. The second-order valence-corrected chi connectivity index (χ2v) is 5.84. The fourth-order valence-corrected chi connectivity index (χ4v) is 2.41. The third-order valence-electron chi connectivity index (χ3n) is 3.52. The van der Waals surface area contributed by atoms with Crippen molar-refractivity contribution in [1.82, 2.24) is 0 Å². The number of nitrogens with zero attached hydrogens (tertiary/aromatic N) is 1. The van der Waals surface area contributed by atoms with Crippen molar-refractivity contribution in [2.45, 2.75) is 45.1 Å². The summed E-state index contributed by atoms with van der Waals surface area (Å²) in [5, 5.41) is 0. The van der Waals surface area contributed by atoms with Gasteiger partial charge in [-0.25, -0.2) is 0 Å². The van der Waals surface area contributed by atoms with Gasteiger partial charge in [0.25, 0.3) is 0 Å². The molecule has 1 unspecified atom stereocenters. The highest BCUT2D eigenvalue weighted by Gasteiger charge is 2.24. The Labute approximate surface area is 104 Å². The third-order valence-corrected chi connectivity index (χ3v) is 3.52. The van der Waals surface area contributed by atoms with Crippen LogP contribution in [0.25, 0.3) is 0 Å². The molecule has 1 aromatic rings. The van der Waals surface area contributed by atoms with E-state index in [1.807, 2.05) is 0 Å². The van der Waals surface area contributed by atoms with Gasteiger partial charge >= 0.3 is 0 Å². The lowest BCUT2D eigenvalue weighted by Crippen LogP contribution is -2.30. The largest absolute Gasteiger partial charge is 0.362 e. The summed E-state index contributed by atoms with van der Waals surface area (Å²) < 4.78 is 0. The second kappa shape index (κ2) is 4.52. The highest BCUT2D eigenvalue weighted by molar-refractivity contribution is 5.67. The monoisotopic (exact) mass is 231 g/mol. The lowest BCUT2D eigenvalue weighted by molar-refractivity contribution is -0.108. The van der Waals surface area contributed by atoms with E-state index in [0.29, 0.717) is 0 Å². The van der Waals surface area contributed by atoms with Gasteiger partial charge in [-0.15, -0.1) is 0 Å². The molecule has 92 valence electrons. The summed E-state index contributed by atoms with van der Waals surface area (Å²) in [4.78, 5) is 13.2. The molecule has 17 heavy (non-hydrogen) atoms. The molecule has 1 aliphatic rings. The van der Waals surface area contributed by atoms with Gasteiger partial charge in [-0.3, -0.25) is 0 Å². The van der Waals surface area contributed by atoms with Gasteiger partial charge in [-0.05, 0) is 36.0 Å². The number of hydrogen-bond acceptors (Lipinski definition) is 2. The number of anilines is 1. The Morgan fingerprint density at radius 3 is 2.41 bits per heavy atom. The van der Waals surface area contributed by atoms with E-state index in [1.54, 1.807) is 0 Å². The van der Waals surface area contributed by atoms with Crippen molar-refractivity contribution < 1.29 is 4.79 Å². The Morgan fingerprint density at radius 2 is 1.88 bits per heavy atom. The molecule has 1 heterocycles. The van der Waals surface area contributed by atoms with Gasteiger partial charge in [-0.2, -0.15) is 0 Å². The lowest BCUT2D eigenvalue weighted by Gasteiger charge is -2.25. The first-order chi connectivity index (χ1) is 8.02. The predicted octanol–water partition coefficient (Wildman–Crippen LogP) is 3.15. The molecule has 0 radical (unpaired) electrons. The molecule has 0 saturated carbocycles. The van der Waals surface area contributed by atoms with Crippen LogP contribution in [0.4, 0.5) is 5.69 Å². The smallest absolute Gasteiger partial charge is 0.142 e. The Morgan fingerprint density at radius 1 is 1.24 bits per heavy atom. The van der Waals surface area contributed by atoms with Gasteiger partial charge in [0.05, 0.1) is 6.04 Å².